The predicted octanol–water partition coefficient (Wildman–Crippen LogP) is 2.59. The van der Waals surface area contributed by atoms with Gasteiger partial charge in [0.15, 0.2) is 5.75 Å². The largest absolute Gasteiger partial charge is 0.418 e. The van der Waals surface area contributed by atoms with E-state index in [9.17, 15) is 9.59 Å². The van der Waals surface area contributed by atoms with Crippen LogP contribution in [0, 0.1) is 0 Å². The Morgan fingerprint density at radius 3 is 2.69 bits per heavy atom. The van der Waals surface area contributed by atoms with Crippen molar-refractivity contribution in [2.45, 2.75) is 0 Å². The Morgan fingerprint density at radius 1 is 1.12 bits per heavy atom. The SMILES string of the molecule is O=C1Oc2c(cc3ccccc3c2Cl)C1=O. The van der Waals surface area contributed by atoms with Crippen LogP contribution in [0.25, 0.3) is 10.8 Å². The standard InChI is InChI=1S/C12H5ClO3/c13-9-7-4-2-1-3-6(7)5-8-10(14)12(15)16-11(8)9/h1-5H. The highest BCUT2D eigenvalue weighted by molar-refractivity contribution is 6.47. The van der Waals surface area contributed by atoms with E-state index in [4.69, 9.17) is 16.3 Å². The number of ether oxygens (including phenoxy) is 1. The average molecular weight is 233 g/mol. The van der Waals surface area contributed by atoms with Crippen LogP contribution < -0.4 is 4.74 Å². The van der Waals surface area contributed by atoms with Crippen LogP contribution in [0.3, 0.4) is 0 Å². The van der Waals surface area contributed by atoms with Crippen LogP contribution in [0.2, 0.25) is 5.02 Å². The van der Waals surface area contributed by atoms with Crippen molar-refractivity contribution in [2.75, 3.05) is 0 Å². The first kappa shape index (κ1) is 9.36. The van der Waals surface area contributed by atoms with Crippen molar-refractivity contribution in [3.8, 4) is 5.75 Å². The Balaban J connectivity index is 2.44. The van der Waals surface area contributed by atoms with Gasteiger partial charge in [0, 0.05) is 5.39 Å². The van der Waals surface area contributed by atoms with E-state index in [2.05, 4.69) is 0 Å². The van der Waals surface area contributed by atoms with Crippen molar-refractivity contribution < 1.29 is 14.3 Å². The van der Waals surface area contributed by atoms with Gasteiger partial charge < -0.3 is 4.74 Å². The van der Waals surface area contributed by atoms with E-state index in [-0.39, 0.29) is 11.3 Å². The smallest absolute Gasteiger partial charge is 0.385 e. The first-order valence-corrected chi connectivity index (χ1v) is 5.04. The van der Waals surface area contributed by atoms with Crippen molar-refractivity contribution in [1.29, 1.82) is 0 Å². The summed E-state index contributed by atoms with van der Waals surface area (Å²) in [5, 5.41) is 1.90. The molecular weight excluding hydrogens is 228 g/mol. The summed E-state index contributed by atoms with van der Waals surface area (Å²) in [6.45, 7) is 0. The Hall–Kier alpha value is -1.87. The van der Waals surface area contributed by atoms with E-state index >= 15 is 0 Å². The number of esters is 1. The molecule has 4 heteroatoms. The Labute approximate surface area is 95.6 Å². The van der Waals surface area contributed by atoms with Crippen LogP contribution in [0.15, 0.2) is 30.3 Å². The predicted molar refractivity (Wildman–Crippen MR) is 58.9 cm³/mol. The first-order valence-electron chi connectivity index (χ1n) is 4.66. The molecule has 1 heterocycles. The van der Waals surface area contributed by atoms with Gasteiger partial charge in [0.05, 0.1) is 10.6 Å². The van der Waals surface area contributed by atoms with Crippen molar-refractivity contribution in [2.24, 2.45) is 0 Å². The van der Waals surface area contributed by atoms with E-state index in [1.807, 2.05) is 24.3 Å². The fraction of sp³-hybridized carbons (Fsp3) is 0. The van der Waals surface area contributed by atoms with Crippen LogP contribution in [-0.4, -0.2) is 11.8 Å². The van der Waals surface area contributed by atoms with Gasteiger partial charge in [-0.05, 0) is 11.5 Å². The maximum absolute atomic E-state index is 11.5. The van der Waals surface area contributed by atoms with Crippen molar-refractivity contribution in [1.82, 2.24) is 0 Å². The Kier molecular flexibility index (Phi) is 1.79. The molecule has 0 atom stereocenters. The highest BCUT2D eigenvalue weighted by Gasteiger charge is 2.33. The zero-order valence-corrected chi connectivity index (χ0v) is 8.75. The second-order valence-electron chi connectivity index (χ2n) is 3.51. The molecule has 78 valence electrons. The second kappa shape index (κ2) is 3.06. The molecule has 3 nitrogen and oxygen atoms in total. The number of hydrogen-bond acceptors (Lipinski definition) is 3. The topological polar surface area (TPSA) is 43.4 Å². The summed E-state index contributed by atoms with van der Waals surface area (Å²) in [7, 11) is 0. The Morgan fingerprint density at radius 2 is 1.88 bits per heavy atom. The molecule has 0 unspecified atom stereocenters. The van der Waals surface area contributed by atoms with Gasteiger partial charge in [-0.1, -0.05) is 35.9 Å². The molecule has 2 aromatic rings. The van der Waals surface area contributed by atoms with Crippen LogP contribution in [-0.2, 0) is 4.79 Å². The highest BCUT2D eigenvalue weighted by atomic mass is 35.5. The maximum atomic E-state index is 11.5. The summed E-state index contributed by atoms with van der Waals surface area (Å²) in [5.41, 5.74) is 0.244. The Bertz CT molecular complexity index is 646. The van der Waals surface area contributed by atoms with Crippen LogP contribution in [0.4, 0.5) is 0 Å². The van der Waals surface area contributed by atoms with E-state index in [1.54, 1.807) is 6.07 Å². The normalized spacial score (nSPS) is 14.1. The third-order valence-electron chi connectivity index (χ3n) is 2.57. The van der Waals surface area contributed by atoms with Crippen LogP contribution >= 0.6 is 11.6 Å². The number of ketones is 1. The number of benzene rings is 2. The number of Topliss-reactive ketones (excluding diaryl/α,β-unsaturated/α-hetero) is 1. The number of rotatable bonds is 0. The van der Waals surface area contributed by atoms with Crippen molar-refractivity contribution >= 4 is 34.1 Å². The van der Waals surface area contributed by atoms with Gasteiger partial charge in [-0.2, -0.15) is 0 Å². The van der Waals surface area contributed by atoms with Crippen LogP contribution in [0.1, 0.15) is 10.4 Å². The zero-order valence-electron chi connectivity index (χ0n) is 7.99. The van der Waals surface area contributed by atoms with Crippen molar-refractivity contribution in [3.63, 3.8) is 0 Å². The third-order valence-corrected chi connectivity index (χ3v) is 2.94. The minimum absolute atomic E-state index is 0.176. The molecule has 0 amide bonds. The molecule has 0 saturated heterocycles. The minimum atomic E-state index is -0.868. The van der Waals surface area contributed by atoms with Gasteiger partial charge in [0.1, 0.15) is 0 Å². The number of carbonyl (C=O) groups excluding carboxylic acids is 2. The molecule has 16 heavy (non-hydrogen) atoms. The highest BCUT2D eigenvalue weighted by Crippen LogP contribution is 2.39. The lowest BCUT2D eigenvalue weighted by molar-refractivity contribution is -0.128. The van der Waals surface area contributed by atoms with Gasteiger partial charge in [-0.3, -0.25) is 4.79 Å². The molecule has 0 aromatic heterocycles. The molecule has 1 aliphatic rings. The second-order valence-corrected chi connectivity index (χ2v) is 3.88. The lowest BCUT2D eigenvalue weighted by atomic mass is 10.0. The molecule has 0 aliphatic carbocycles. The molecule has 3 rings (SSSR count). The third kappa shape index (κ3) is 1.09. The number of halogens is 1. The van der Waals surface area contributed by atoms with Gasteiger partial charge in [0.25, 0.3) is 5.78 Å². The monoisotopic (exact) mass is 232 g/mol. The quantitative estimate of drug-likeness (QED) is 0.398. The number of fused-ring (bicyclic) bond motifs is 2. The molecule has 0 N–H and O–H groups in total. The first-order chi connectivity index (χ1) is 7.68. The lowest BCUT2D eigenvalue weighted by Gasteiger charge is -2.04. The van der Waals surface area contributed by atoms with Gasteiger partial charge >= 0.3 is 5.97 Å². The fourth-order valence-corrected chi connectivity index (χ4v) is 2.11. The summed E-state index contributed by atoms with van der Waals surface area (Å²) >= 11 is 6.09. The summed E-state index contributed by atoms with van der Waals surface area (Å²) in [5.74, 6) is -1.33. The molecule has 0 saturated carbocycles. The van der Waals surface area contributed by atoms with Gasteiger partial charge in [0.2, 0.25) is 0 Å². The summed E-state index contributed by atoms with van der Waals surface area (Å²) < 4.78 is 4.84. The number of carbonyl (C=O) groups is 2. The van der Waals surface area contributed by atoms with E-state index in [0.29, 0.717) is 5.02 Å². The summed E-state index contributed by atoms with van der Waals surface area (Å²) in [4.78, 5) is 22.6. The van der Waals surface area contributed by atoms with Gasteiger partial charge in [-0.25, -0.2) is 4.79 Å². The minimum Gasteiger partial charge on any atom is -0.418 e. The summed E-state index contributed by atoms with van der Waals surface area (Å²) in [6.07, 6.45) is 0. The average Bonchev–Trinajstić information content (AvgIpc) is 2.58. The molecule has 0 spiro atoms. The molecule has 0 radical (unpaired) electrons. The molecule has 1 aliphatic heterocycles. The maximum Gasteiger partial charge on any atom is 0.385 e. The van der Waals surface area contributed by atoms with Gasteiger partial charge in [-0.15, -0.1) is 0 Å². The van der Waals surface area contributed by atoms with E-state index in [1.165, 1.54) is 0 Å². The number of hydrogen-bond donors (Lipinski definition) is 0. The van der Waals surface area contributed by atoms with E-state index < -0.39 is 11.8 Å². The van der Waals surface area contributed by atoms with Crippen molar-refractivity contribution in [3.05, 3.63) is 40.9 Å². The molecule has 2 aromatic carbocycles. The summed E-state index contributed by atoms with van der Waals surface area (Å²) in [6, 6.07) is 8.95. The molecule has 0 fully saturated rings. The lowest BCUT2D eigenvalue weighted by Crippen LogP contribution is -2.10. The molecule has 0 bridgehead atoms. The zero-order chi connectivity index (χ0) is 11.3. The van der Waals surface area contributed by atoms with E-state index in [0.717, 1.165) is 10.8 Å². The fourth-order valence-electron chi connectivity index (χ4n) is 1.80. The molecular formula is C12H5ClO3. The van der Waals surface area contributed by atoms with Crippen LogP contribution in [0.5, 0.6) is 5.75 Å².